The van der Waals surface area contributed by atoms with Crippen LogP contribution in [0, 0.1) is 11.8 Å². The summed E-state index contributed by atoms with van der Waals surface area (Å²) in [6.45, 7) is 5.99. The molecule has 0 radical (unpaired) electrons. The van der Waals surface area contributed by atoms with Gasteiger partial charge in [-0.3, -0.25) is 0 Å². The molecule has 0 saturated carbocycles. The van der Waals surface area contributed by atoms with Crippen LogP contribution in [0.5, 0.6) is 0 Å². The minimum absolute atomic E-state index is 0.149. The Morgan fingerprint density at radius 3 is 2.07 bits per heavy atom. The summed E-state index contributed by atoms with van der Waals surface area (Å²) in [5.41, 5.74) is 0. The summed E-state index contributed by atoms with van der Waals surface area (Å²) in [4.78, 5) is 10.9. The Labute approximate surface area is 93.1 Å². The molecule has 0 saturated heterocycles. The van der Waals surface area contributed by atoms with Gasteiger partial charge in [-0.05, 0) is 25.2 Å². The molecule has 0 bridgehead atoms. The van der Waals surface area contributed by atoms with Crippen LogP contribution < -0.4 is 0 Å². The highest BCUT2D eigenvalue weighted by atomic mass is 16.7. The predicted octanol–water partition coefficient (Wildman–Crippen LogP) is 2.64. The molecule has 0 rings (SSSR count). The lowest BCUT2D eigenvalue weighted by molar-refractivity contribution is -0.121. The summed E-state index contributed by atoms with van der Waals surface area (Å²) in [6.07, 6.45) is 2.29. The summed E-state index contributed by atoms with van der Waals surface area (Å²) in [6, 6.07) is 0. The SMILES string of the molecule is COC(CC(CCC(C)=O)C(C)C)OC. The van der Waals surface area contributed by atoms with Crippen molar-refractivity contribution in [3.05, 3.63) is 0 Å². The van der Waals surface area contributed by atoms with Crippen LogP contribution in [0.15, 0.2) is 0 Å². The van der Waals surface area contributed by atoms with Gasteiger partial charge in [0.15, 0.2) is 6.29 Å². The second kappa shape index (κ2) is 7.83. The lowest BCUT2D eigenvalue weighted by Crippen LogP contribution is -2.21. The average molecular weight is 216 g/mol. The number of carbonyl (C=O) groups excluding carboxylic acids is 1. The van der Waals surface area contributed by atoms with Crippen LogP contribution in [0.25, 0.3) is 0 Å². The monoisotopic (exact) mass is 216 g/mol. The van der Waals surface area contributed by atoms with Gasteiger partial charge in [0.1, 0.15) is 5.78 Å². The van der Waals surface area contributed by atoms with Crippen LogP contribution in [0.4, 0.5) is 0 Å². The lowest BCUT2D eigenvalue weighted by atomic mass is 9.87. The summed E-state index contributed by atoms with van der Waals surface area (Å²) in [5, 5.41) is 0. The maximum absolute atomic E-state index is 10.9. The van der Waals surface area contributed by atoms with Gasteiger partial charge in [-0.2, -0.15) is 0 Å². The van der Waals surface area contributed by atoms with Gasteiger partial charge in [-0.25, -0.2) is 0 Å². The van der Waals surface area contributed by atoms with Crippen molar-refractivity contribution in [2.24, 2.45) is 11.8 Å². The Morgan fingerprint density at radius 2 is 1.73 bits per heavy atom. The number of hydrogen-bond acceptors (Lipinski definition) is 3. The van der Waals surface area contributed by atoms with Crippen molar-refractivity contribution in [2.75, 3.05) is 14.2 Å². The zero-order valence-corrected chi connectivity index (χ0v) is 10.6. The van der Waals surface area contributed by atoms with Crippen LogP contribution in [0.2, 0.25) is 0 Å². The van der Waals surface area contributed by atoms with E-state index in [0.29, 0.717) is 18.3 Å². The summed E-state index contributed by atoms with van der Waals surface area (Å²) >= 11 is 0. The molecule has 15 heavy (non-hydrogen) atoms. The Kier molecular flexibility index (Phi) is 7.61. The molecule has 0 heterocycles. The van der Waals surface area contributed by atoms with E-state index in [1.54, 1.807) is 21.1 Å². The number of Topliss-reactive ketones (excluding diaryl/α,β-unsaturated/α-hetero) is 1. The number of methoxy groups -OCH3 is 2. The second-order valence-corrected chi connectivity index (χ2v) is 4.38. The van der Waals surface area contributed by atoms with Gasteiger partial charge < -0.3 is 14.3 Å². The number of carbonyl (C=O) groups is 1. The smallest absolute Gasteiger partial charge is 0.157 e. The Bertz CT molecular complexity index is 174. The fraction of sp³-hybridized carbons (Fsp3) is 0.917. The number of ketones is 1. The standard InChI is InChI=1S/C12H24O3/c1-9(2)11(7-6-10(3)13)8-12(14-4)15-5/h9,11-12H,6-8H2,1-5H3. The zero-order valence-electron chi connectivity index (χ0n) is 10.6. The van der Waals surface area contributed by atoms with E-state index in [1.165, 1.54) is 0 Å². The van der Waals surface area contributed by atoms with E-state index < -0.39 is 0 Å². The molecule has 0 fully saturated rings. The second-order valence-electron chi connectivity index (χ2n) is 4.38. The van der Waals surface area contributed by atoms with Gasteiger partial charge in [-0.1, -0.05) is 13.8 Å². The first-order valence-electron chi connectivity index (χ1n) is 5.56. The van der Waals surface area contributed by atoms with Crippen molar-refractivity contribution in [2.45, 2.75) is 46.3 Å². The van der Waals surface area contributed by atoms with Crippen LogP contribution in [-0.2, 0) is 14.3 Å². The van der Waals surface area contributed by atoms with Crippen LogP contribution in [0.3, 0.4) is 0 Å². The van der Waals surface area contributed by atoms with Gasteiger partial charge in [0.2, 0.25) is 0 Å². The van der Waals surface area contributed by atoms with Gasteiger partial charge in [-0.15, -0.1) is 0 Å². The van der Waals surface area contributed by atoms with Crippen molar-refractivity contribution >= 4 is 5.78 Å². The molecule has 1 unspecified atom stereocenters. The normalized spacial score (nSPS) is 13.5. The third-order valence-corrected chi connectivity index (χ3v) is 2.83. The maximum Gasteiger partial charge on any atom is 0.157 e. The summed E-state index contributed by atoms with van der Waals surface area (Å²) in [5.74, 6) is 1.29. The first-order valence-corrected chi connectivity index (χ1v) is 5.56. The van der Waals surface area contributed by atoms with E-state index in [0.717, 1.165) is 12.8 Å². The first-order chi connectivity index (χ1) is 7.01. The highest BCUT2D eigenvalue weighted by Gasteiger charge is 2.19. The van der Waals surface area contributed by atoms with Crippen LogP contribution >= 0.6 is 0 Å². The van der Waals surface area contributed by atoms with Crippen LogP contribution in [0.1, 0.15) is 40.0 Å². The van der Waals surface area contributed by atoms with Gasteiger partial charge in [0.05, 0.1) is 0 Å². The molecular formula is C12H24O3. The van der Waals surface area contributed by atoms with E-state index in [4.69, 9.17) is 9.47 Å². The van der Waals surface area contributed by atoms with Gasteiger partial charge in [0, 0.05) is 27.1 Å². The molecule has 90 valence electrons. The molecule has 3 heteroatoms. The summed E-state index contributed by atoms with van der Waals surface area (Å²) in [7, 11) is 3.30. The molecule has 1 atom stereocenters. The molecular weight excluding hydrogens is 192 g/mol. The third kappa shape index (κ3) is 6.63. The molecule has 0 amide bonds. The fourth-order valence-electron chi connectivity index (χ4n) is 1.65. The van der Waals surface area contributed by atoms with Crippen molar-refractivity contribution in [3.63, 3.8) is 0 Å². The number of hydrogen-bond donors (Lipinski definition) is 0. The molecule has 0 aliphatic carbocycles. The number of ether oxygens (including phenoxy) is 2. The molecule has 0 aromatic rings. The van der Waals surface area contributed by atoms with E-state index in [2.05, 4.69) is 13.8 Å². The molecule has 0 N–H and O–H groups in total. The highest BCUT2D eigenvalue weighted by Crippen LogP contribution is 2.23. The average Bonchev–Trinajstić information content (AvgIpc) is 2.17. The minimum atomic E-state index is -0.149. The maximum atomic E-state index is 10.9. The Hall–Kier alpha value is -0.410. The number of rotatable bonds is 8. The minimum Gasteiger partial charge on any atom is -0.356 e. The fourth-order valence-corrected chi connectivity index (χ4v) is 1.65. The van der Waals surface area contributed by atoms with Gasteiger partial charge >= 0.3 is 0 Å². The molecule has 0 aromatic carbocycles. The molecule has 0 aliphatic rings. The van der Waals surface area contributed by atoms with Gasteiger partial charge in [0.25, 0.3) is 0 Å². The van der Waals surface area contributed by atoms with Crippen LogP contribution in [-0.4, -0.2) is 26.3 Å². The summed E-state index contributed by atoms with van der Waals surface area (Å²) < 4.78 is 10.4. The Balaban J connectivity index is 4.08. The van der Waals surface area contributed by atoms with Crippen molar-refractivity contribution in [1.29, 1.82) is 0 Å². The largest absolute Gasteiger partial charge is 0.356 e. The van der Waals surface area contributed by atoms with Crippen molar-refractivity contribution in [1.82, 2.24) is 0 Å². The van der Waals surface area contributed by atoms with Crippen molar-refractivity contribution < 1.29 is 14.3 Å². The third-order valence-electron chi connectivity index (χ3n) is 2.83. The zero-order chi connectivity index (χ0) is 11.8. The molecule has 3 nitrogen and oxygen atoms in total. The lowest BCUT2D eigenvalue weighted by Gasteiger charge is -2.24. The molecule has 0 aliphatic heterocycles. The van der Waals surface area contributed by atoms with E-state index in [9.17, 15) is 4.79 Å². The quantitative estimate of drug-likeness (QED) is 0.585. The van der Waals surface area contributed by atoms with E-state index in [1.807, 2.05) is 0 Å². The van der Waals surface area contributed by atoms with Crippen molar-refractivity contribution in [3.8, 4) is 0 Å². The first kappa shape index (κ1) is 14.6. The van der Waals surface area contributed by atoms with E-state index >= 15 is 0 Å². The predicted molar refractivity (Wildman–Crippen MR) is 60.7 cm³/mol. The van der Waals surface area contributed by atoms with E-state index in [-0.39, 0.29) is 12.1 Å². The Morgan fingerprint density at radius 1 is 1.20 bits per heavy atom. The highest BCUT2D eigenvalue weighted by molar-refractivity contribution is 5.75. The topological polar surface area (TPSA) is 35.5 Å². The molecule has 0 aromatic heterocycles. The molecule has 0 spiro atoms.